The van der Waals surface area contributed by atoms with Crippen LogP contribution in [-0.2, 0) is 16.1 Å². The average molecular weight is 481 g/mol. The van der Waals surface area contributed by atoms with Gasteiger partial charge in [-0.1, -0.05) is 35.1 Å². The van der Waals surface area contributed by atoms with Crippen LogP contribution in [-0.4, -0.2) is 28.3 Å². The Kier molecular flexibility index (Phi) is 5.78. The van der Waals surface area contributed by atoms with Crippen LogP contribution in [0.4, 0.5) is 15.2 Å². The third-order valence-electron chi connectivity index (χ3n) is 5.51. The summed E-state index contributed by atoms with van der Waals surface area (Å²) in [5.74, 6) is -1.33. The second-order valence-corrected chi connectivity index (χ2v) is 9.13. The number of thiazole rings is 1. The van der Waals surface area contributed by atoms with Crippen molar-refractivity contribution < 1.29 is 14.0 Å². The Morgan fingerprint density at radius 2 is 1.97 bits per heavy atom. The third-order valence-corrected chi connectivity index (χ3v) is 6.86. The van der Waals surface area contributed by atoms with Gasteiger partial charge < -0.3 is 4.90 Å². The maximum absolute atomic E-state index is 13.7. The zero-order chi connectivity index (χ0) is 22.9. The summed E-state index contributed by atoms with van der Waals surface area (Å²) in [5.41, 5.74) is 1.91. The Morgan fingerprint density at radius 3 is 2.70 bits per heavy atom. The van der Waals surface area contributed by atoms with Crippen molar-refractivity contribution in [1.82, 2.24) is 9.97 Å². The first-order valence-electron chi connectivity index (χ1n) is 10.3. The van der Waals surface area contributed by atoms with Crippen molar-refractivity contribution in [3.8, 4) is 0 Å². The van der Waals surface area contributed by atoms with E-state index in [2.05, 4.69) is 9.97 Å². The first kappa shape index (κ1) is 21.5. The standard InChI is InChI=1S/C24H18ClFN4O2S/c25-19-5-3-6-20-22(19)28-24(33-20)30(14-17-4-1-2-11-27-17)23(32)15-12-21(31)29(13-15)18-9-7-16(26)8-10-18/h1-11,15H,12-14H2. The van der Waals surface area contributed by atoms with Crippen LogP contribution < -0.4 is 9.80 Å². The third kappa shape index (κ3) is 4.31. The first-order chi connectivity index (χ1) is 16.0. The summed E-state index contributed by atoms with van der Waals surface area (Å²) in [6.07, 6.45) is 1.74. The molecule has 0 bridgehead atoms. The number of hydrogen-bond donors (Lipinski definition) is 0. The molecule has 5 rings (SSSR count). The maximum Gasteiger partial charge on any atom is 0.234 e. The van der Waals surface area contributed by atoms with Gasteiger partial charge in [0.15, 0.2) is 5.13 Å². The smallest absolute Gasteiger partial charge is 0.234 e. The second kappa shape index (κ2) is 8.88. The number of fused-ring (bicyclic) bond motifs is 1. The minimum Gasteiger partial charge on any atom is -0.312 e. The molecule has 2 aromatic carbocycles. The molecule has 2 amide bonds. The molecule has 1 saturated heterocycles. The fourth-order valence-electron chi connectivity index (χ4n) is 3.88. The van der Waals surface area contributed by atoms with Gasteiger partial charge in [0.05, 0.1) is 27.9 Å². The highest BCUT2D eigenvalue weighted by Gasteiger charge is 2.38. The highest BCUT2D eigenvalue weighted by atomic mass is 35.5. The van der Waals surface area contributed by atoms with Gasteiger partial charge in [0.25, 0.3) is 0 Å². The van der Waals surface area contributed by atoms with E-state index in [9.17, 15) is 14.0 Å². The lowest BCUT2D eigenvalue weighted by Gasteiger charge is -2.23. The summed E-state index contributed by atoms with van der Waals surface area (Å²) in [6.45, 7) is 0.437. The molecule has 4 aromatic rings. The van der Waals surface area contributed by atoms with Gasteiger partial charge in [-0.25, -0.2) is 9.37 Å². The molecule has 0 aliphatic carbocycles. The highest BCUT2D eigenvalue weighted by molar-refractivity contribution is 7.22. The van der Waals surface area contributed by atoms with Crippen LogP contribution in [0.1, 0.15) is 12.1 Å². The molecule has 33 heavy (non-hydrogen) atoms. The van der Waals surface area contributed by atoms with Gasteiger partial charge >= 0.3 is 0 Å². The van der Waals surface area contributed by atoms with E-state index in [0.717, 1.165) is 4.70 Å². The van der Waals surface area contributed by atoms with Crippen LogP contribution in [0.5, 0.6) is 0 Å². The minimum atomic E-state index is -0.561. The van der Waals surface area contributed by atoms with Crippen LogP contribution >= 0.6 is 22.9 Å². The summed E-state index contributed by atoms with van der Waals surface area (Å²) in [5, 5.41) is 1.01. The largest absolute Gasteiger partial charge is 0.312 e. The molecule has 9 heteroatoms. The van der Waals surface area contributed by atoms with E-state index < -0.39 is 5.92 Å². The van der Waals surface area contributed by atoms with E-state index in [1.54, 1.807) is 29.3 Å². The normalized spacial score (nSPS) is 15.9. The molecule has 3 heterocycles. The van der Waals surface area contributed by atoms with Crippen LogP contribution in [0.3, 0.4) is 0 Å². The molecule has 0 N–H and O–H groups in total. The summed E-state index contributed by atoms with van der Waals surface area (Å²) >= 11 is 7.68. The van der Waals surface area contributed by atoms with Gasteiger partial charge in [-0.15, -0.1) is 0 Å². The summed E-state index contributed by atoms with van der Waals surface area (Å²) < 4.78 is 14.2. The quantitative estimate of drug-likeness (QED) is 0.400. The number of amides is 2. The van der Waals surface area contributed by atoms with E-state index in [-0.39, 0.29) is 37.1 Å². The number of rotatable bonds is 5. The molecule has 1 fully saturated rings. The Balaban J connectivity index is 1.46. The van der Waals surface area contributed by atoms with E-state index in [0.29, 0.717) is 27.1 Å². The predicted octanol–water partition coefficient (Wildman–Crippen LogP) is 5.07. The molecule has 1 aliphatic rings. The van der Waals surface area contributed by atoms with E-state index >= 15 is 0 Å². The van der Waals surface area contributed by atoms with Gasteiger partial charge in [-0.2, -0.15) is 0 Å². The molecule has 1 unspecified atom stereocenters. The monoisotopic (exact) mass is 480 g/mol. The molecular formula is C24H18ClFN4O2S. The highest BCUT2D eigenvalue weighted by Crippen LogP contribution is 2.35. The fourth-order valence-corrected chi connectivity index (χ4v) is 5.15. The fraction of sp³-hybridized carbons (Fsp3) is 0.167. The number of benzene rings is 2. The molecule has 0 spiro atoms. The van der Waals surface area contributed by atoms with Crippen molar-refractivity contribution in [2.45, 2.75) is 13.0 Å². The lowest BCUT2D eigenvalue weighted by Crippen LogP contribution is -2.37. The minimum absolute atomic E-state index is 0.0700. The second-order valence-electron chi connectivity index (χ2n) is 7.71. The number of anilines is 2. The SMILES string of the molecule is O=C1CC(C(=O)N(Cc2ccccn2)c2nc3c(Cl)cccc3s2)CN1c1ccc(F)cc1. The Morgan fingerprint density at radius 1 is 1.15 bits per heavy atom. The van der Waals surface area contributed by atoms with Crippen molar-refractivity contribution in [3.63, 3.8) is 0 Å². The topological polar surface area (TPSA) is 66.4 Å². The number of aromatic nitrogens is 2. The van der Waals surface area contributed by atoms with Crippen molar-refractivity contribution in [1.29, 1.82) is 0 Å². The number of halogens is 2. The Hall–Kier alpha value is -3.36. The van der Waals surface area contributed by atoms with Crippen molar-refractivity contribution in [2.75, 3.05) is 16.3 Å². The number of nitrogens with zero attached hydrogens (tertiary/aromatic N) is 4. The van der Waals surface area contributed by atoms with E-state index in [4.69, 9.17) is 11.6 Å². The van der Waals surface area contributed by atoms with Gasteiger partial charge in [0.2, 0.25) is 11.8 Å². The van der Waals surface area contributed by atoms with Gasteiger partial charge in [0.1, 0.15) is 11.3 Å². The Bertz CT molecular complexity index is 1330. The van der Waals surface area contributed by atoms with Gasteiger partial charge in [0, 0.05) is 24.8 Å². The molecule has 1 atom stereocenters. The molecular weight excluding hydrogens is 463 g/mol. The van der Waals surface area contributed by atoms with Crippen LogP contribution in [0.15, 0.2) is 66.9 Å². The molecule has 0 radical (unpaired) electrons. The summed E-state index contributed by atoms with van der Waals surface area (Å²) in [7, 11) is 0. The Labute approximate surface area is 198 Å². The van der Waals surface area contributed by atoms with Gasteiger partial charge in [-0.3, -0.25) is 19.5 Å². The molecule has 2 aromatic heterocycles. The molecule has 166 valence electrons. The number of para-hydroxylation sites is 1. The van der Waals surface area contributed by atoms with Crippen molar-refractivity contribution in [2.24, 2.45) is 5.92 Å². The number of carbonyl (C=O) groups excluding carboxylic acids is 2. The number of carbonyl (C=O) groups is 2. The number of pyridine rings is 1. The van der Waals surface area contributed by atoms with E-state index in [1.807, 2.05) is 30.3 Å². The predicted molar refractivity (Wildman–Crippen MR) is 127 cm³/mol. The van der Waals surface area contributed by atoms with Crippen molar-refractivity contribution in [3.05, 3.63) is 83.4 Å². The molecule has 6 nitrogen and oxygen atoms in total. The molecule has 0 saturated carbocycles. The van der Waals surface area contributed by atoms with Gasteiger partial charge in [-0.05, 0) is 48.5 Å². The zero-order valence-electron chi connectivity index (χ0n) is 17.3. The average Bonchev–Trinajstić information content (AvgIpc) is 3.43. The van der Waals surface area contributed by atoms with Crippen LogP contribution in [0.2, 0.25) is 5.02 Å². The van der Waals surface area contributed by atoms with Crippen molar-refractivity contribution >= 4 is 55.8 Å². The van der Waals surface area contributed by atoms with Crippen LogP contribution in [0, 0.1) is 11.7 Å². The van der Waals surface area contributed by atoms with E-state index in [1.165, 1.54) is 28.4 Å². The lowest BCUT2D eigenvalue weighted by atomic mass is 10.1. The zero-order valence-corrected chi connectivity index (χ0v) is 18.9. The summed E-state index contributed by atoms with van der Waals surface area (Å²) in [6, 6.07) is 16.7. The molecule has 1 aliphatic heterocycles. The van der Waals surface area contributed by atoms with Crippen LogP contribution in [0.25, 0.3) is 10.2 Å². The summed E-state index contributed by atoms with van der Waals surface area (Å²) in [4.78, 5) is 38.5. The maximum atomic E-state index is 13.7. The lowest BCUT2D eigenvalue weighted by molar-refractivity contribution is -0.124. The first-order valence-corrected chi connectivity index (χ1v) is 11.5. The number of hydrogen-bond acceptors (Lipinski definition) is 5.